The van der Waals surface area contributed by atoms with E-state index in [1.165, 1.54) is 25.8 Å². The zero-order valence-electron chi connectivity index (χ0n) is 22.0. The fourth-order valence-corrected chi connectivity index (χ4v) is 4.28. The van der Waals surface area contributed by atoms with Gasteiger partial charge in [0.1, 0.15) is 0 Å². The predicted molar refractivity (Wildman–Crippen MR) is 150 cm³/mol. The standard InChI is InChI=1S/C30H30N4O6/c1-39-26-18-20(16-17-25(26)40-30(38)21-10-4-2-5-11-21)19-31-34-29(37)28(36)33-24-15-9-8-14-23(24)27(35)32-22-12-6-3-7-13-22/h2,4-5,8-11,14-19,22H,3,6-7,12-13H2,1H3,(H,32,35)(H,33,36)(H,34,37)/b31-19-. The van der Waals surface area contributed by atoms with Gasteiger partial charge in [-0.25, -0.2) is 10.2 Å². The molecule has 0 unspecified atom stereocenters. The number of hydrogen-bond donors (Lipinski definition) is 3. The van der Waals surface area contributed by atoms with Crippen molar-refractivity contribution < 1.29 is 28.7 Å². The molecule has 3 N–H and O–H groups in total. The minimum absolute atomic E-state index is 0.103. The Morgan fingerprint density at radius 3 is 2.33 bits per heavy atom. The number of para-hydroxylation sites is 1. The van der Waals surface area contributed by atoms with Gasteiger partial charge in [0.05, 0.1) is 30.1 Å². The lowest BCUT2D eigenvalue weighted by Crippen LogP contribution is -2.37. The largest absolute Gasteiger partial charge is 0.493 e. The van der Waals surface area contributed by atoms with E-state index in [4.69, 9.17) is 9.47 Å². The Labute approximate surface area is 231 Å². The Morgan fingerprint density at radius 2 is 1.57 bits per heavy atom. The molecular weight excluding hydrogens is 512 g/mol. The fraction of sp³-hybridized carbons (Fsp3) is 0.233. The number of nitrogens with zero attached hydrogens (tertiary/aromatic N) is 1. The Kier molecular flexibility index (Phi) is 9.60. The summed E-state index contributed by atoms with van der Waals surface area (Å²) < 4.78 is 10.7. The maximum atomic E-state index is 12.8. The van der Waals surface area contributed by atoms with Crippen LogP contribution in [0, 0.1) is 0 Å². The van der Waals surface area contributed by atoms with Crippen LogP contribution in [0.2, 0.25) is 0 Å². The van der Waals surface area contributed by atoms with Crippen LogP contribution in [0.15, 0.2) is 77.9 Å². The van der Waals surface area contributed by atoms with Gasteiger partial charge in [-0.15, -0.1) is 0 Å². The predicted octanol–water partition coefficient (Wildman–Crippen LogP) is 4.07. The van der Waals surface area contributed by atoms with Crippen molar-refractivity contribution in [3.8, 4) is 11.5 Å². The molecule has 10 nitrogen and oxygen atoms in total. The molecule has 0 aliphatic heterocycles. The van der Waals surface area contributed by atoms with Gasteiger partial charge in [0, 0.05) is 6.04 Å². The normalized spacial score (nSPS) is 13.3. The number of amides is 3. The highest BCUT2D eigenvalue weighted by molar-refractivity contribution is 6.40. The second-order valence-corrected chi connectivity index (χ2v) is 9.17. The van der Waals surface area contributed by atoms with Crippen LogP contribution in [0.4, 0.5) is 5.69 Å². The molecule has 3 amide bonds. The van der Waals surface area contributed by atoms with Gasteiger partial charge in [-0.3, -0.25) is 14.4 Å². The quantitative estimate of drug-likeness (QED) is 0.129. The molecular formula is C30H30N4O6. The average molecular weight is 543 g/mol. The van der Waals surface area contributed by atoms with E-state index in [0.717, 1.165) is 25.7 Å². The third-order valence-electron chi connectivity index (χ3n) is 6.35. The van der Waals surface area contributed by atoms with Gasteiger partial charge in [-0.2, -0.15) is 5.10 Å². The van der Waals surface area contributed by atoms with E-state index < -0.39 is 17.8 Å². The molecule has 10 heteroatoms. The SMILES string of the molecule is COc1cc(/C=N\NC(=O)C(=O)Nc2ccccc2C(=O)NC2CCCCC2)ccc1OC(=O)c1ccccc1. The summed E-state index contributed by atoms with van der Waals surface area (Å²) in [6.07, 6.45) is 6.47. The van der Waals surface area contributed by atoms with Crippen LogP contribution in [-0.2, 0) is 9.59 Å². The molecule has 0 bridgehead atoms. The van der Waals surface area contributed by atoms with Crippen LogP contribution in [0.3, 0.4) is 0 Å². The van der Waals surface area contributed by atoms with Crippen molar-refractivity contribution in [1.29, 1.82) is 0 Å². The number of methoxy groups -OCH3 is 1. The number of hydrogen-bond acceptors (Lipinski definition) is 7. The number of ether oxygens (including phenoxy) is 2. The van der Waals surface area contributed by atoms with Crippen molar-refractivity contribution in [2.24, 2.45) is 5.10 Å². The summed E-state index contributed by atoms with van der Waals surface area (Å²) in [7, 11) is 1.43. The summed E-state index contributed by atoms with van der Waals surface area (Å²) in [5.74, 6) is -2.34. The van der Waals surface area contributed by atoms with E-state index in [9.17, 15) is 19.2 Å². The molecule has 0 spiro atoms. The number of nitrogens with one attached hydrogen (secondary N) is 3. The molecule has 0 aromatic heterocycles. The minimum Gasteiger partial charge on any atom is -0.493 e. The van der Waals surface area contributed by atoms with E-state index in [2.05, 4.69) is 21.2 Å². The fourth-order valence-electron chi connectivity index (χ4n) is 4.28. The maximum absolute atomic E-state index is 12.8. The molecule has 0 radical (unpaired) electrons. The van der Waals surface area contributed by atoms with E-state index in [1.54, 1.807) is 66.7 Å². The van der Waals surface area contributed by atoms with Crippen molar-refractivity contribution >= 4 is 35.6 Å². The summed E-state index contributed by atoms with van der Waals surface area (Å²) in [5, 5.41) is 9.32. The van der Waals surface area contributed by atoms with Crippen molar-refractivity contribution in [1.82, 2.24) is 10.7 Å². The third kappa shape index (κ3) is 7.53. The minimum atomic E-state index is -1.01. The molecule has 1 saturated carbocycles. The lowest BCUT2D eigenvalue weighted by Gasteiger charge is -2.23. The lowest BCUT2D eigenvalue weighted by molar-refractivity contribution is -0.136. The number of carbonyl (C=O) groups is 4. The Bertz CT molecular complexity index is 1400. The number of anilines is 1. The van der Waals surface area contributed by atoms with Crippen LogP contribution < -0.4 is 25.5 Å². The number of esters is 1. The molecule has 0 atom stereocenters. The number of rotatable bonds is 8. The first kappa shape index (κ1) is 28.0. The lowest BCUT2D eigenvalue weighted by atomic mass is 9.95. The third-order valence-corrected chi connectivity index (χ3v) is 6.35. The smallest absolute Gasteiger partial charge is 0.343 e. The van der Waals surface area contributed by atoms with Crippen molar-refractivity contribution in [2.45, 2.75) is 38.1 Å². The summed E-state index contributed by atoms with van der Waals surface area (Å²) in [6, 6.07) is 19.8. The molecule has 1 fully saturated rings. The van der Waals surface area contributed by atoms with Gasteiger partial charge in [0.2, 0.25) is 0 Å². The van der Waals surface area contributed by atoms with Crippen LogP contribution in [0.5, 0.6) is 11.5 Å². The summed E-state index contributed by atoms with van der Waals surface area (Å²) in [6.45, 7) is 0. The van der Waals surface area contributed by atoms with Gasteiger partial charge in [-0.1, -0.05) is 49.6 Å². The molecule has 3 aromatic carbocycles. The van der Waals surface area contributed by atoms with Crippen LogP contribution in [0.25, 0.3) is 0 Å². The van der Waals surface area contributed by atoms with Gasteiger partial charge in [-0.05, 0) is 60.9 Å². The van der Waals surface area contributed by atoms with Crippen molar-refractivity contribution in [2.75, 3.05) is 12.4 Å². The first-order valence-corrected chi connectivity index (χ1v) is 12.9. The van der Waals surface area contributed by atoms with Crippen LogP contribution in [0.1, 0.15) is 58.4 Å². The molecule has 3 aromatic rings. The highest BCUT2D eigenvalue weighted by Crippen LogP contribution is 2.28. The molecule has 206 valence electrons. The maximum Gasteiger partial charge on any atom is 0.343 e. The number of hydrazone groups is 1. The molecule has 4 rings (SSSR count). The molecule has 0 saturated heterocycles. The monoisotopic (exact) mass is 542 g/mol. The first-order valence-electron chi connectivity index (χ1n) is 12.9. The van der Waals surface area contributed by atoms with Crippen LogP contribution in [-0.4, -0.2) is 43.1 Å². The number of benzene rings is 3. The van der Waals surface area contributed by atoms with E-state index >= 15 is 0 Å². The first-order chi connectivity index (χ1) is 19.4. The van der Waals surface area contributed by atoms with E-state index in [0.29, 0.717) is 11.1 Å². The second kappa shape index (κ2) is 13.7. The van der Waals surface area contributed by atoms with Gasteiger partial charge >= 0.3 is 17.8 Å². The second-order valence-electron chi connectivity index (χ2n) is 9.17. The van der Waals surface area contributed by atoms with Crippen LogP contribution >= 0.6 is 0 Å². The van der Waals surface area contributed by atoms with Gasteiger partial charge in [0.15, 0.2) is 11.5 Å². The molecule has 40 heavy (non-hydrogen) atoms. The Balaban J connectivity index is 1.33. The molecule has 0 heterocycles. The Hall–Kier alpha value is -4.99. The topological polar surface area (TPSA) is 135 Å². The highest BCUT2D eigenvalue weighted by atomic mass is 16.6. The van der Waals surface area contributed by atoms with E-state index in [1.807, 2.05) is 0 Å². The Morgan fingerprint density at radius 1 is 0.850 bits per heavy atom. The van der Waals surface area contributed by atoms with Crippen molar-refractivity contribution in [3.05, 3.63) is 89.5 Å². The molecule has 1 aliphatic rings. The average Bonchev–Trinajstić information content (AvgIpc) is 2.98. The summed E-state index contributed by atoms with van der Waals surface area (Å²) in [5.41, 5.74) is 3.57. The highest BCUT2D eigenvalue weighted by Gasteiger charge is 2.21. The van der Waals surface area contributed by atoms with E-state index in [-0.39, 0.29) is 34.7 Å². The zero-order valence-corrected chi connectivity index (χ0v) is 22.0. The van der Waals surface area contributed by atoms with Crippen molar-refractivity contribution in [3.63, 3.8) is 0 Å². The summed E-state index contributed by atoms with van der Waals surface area (Å²) >= 11 is 0. The molecule has 1 aliphatic carbocycles. The van der Waals surface area contributed by atoms with Gasteiger partial charge in [0.25, 0.3) is 5.91 Å². The number of carbonyl (C=O) groups excluding carboxylic acids is 4. The summed E-state index contributed by atoms with van der Waals surface area (Å²) in [4.78, 5) is 50.0. The van der Waals surface area contributed by atoms with Gasteiger partial charge < -0.3 is 20.1 Å². The zero-order chi connectivity index (χ0) is 28.3.